The van der Waals surface area contributed by atoms with E-state index < -0.39 is 0 Å². The van der Waals surface area contributed by atoms with Crippen LogP contribution in [0.15, 0.2) is 41.1 Å². The van der Waals surface area contributed by atoms with Gasteiger partial charge < -0.3 is 25.5 Å². The molecule has 0 bridgehead atoms. The highest BCUT2D eigenvalue weighted by molar-refractivity contribution is 6.05. The monoisotopic (exact) mass is 437 g/mol. The van der Waals surface area contributed by atoms with Crippen molar-refractivity contribution in [3.8, 4) is 0 Å². The van der Waals surface area contributed by atoms with Crippen molar-refractivity contribution in [2.75, 3.05) is 22.5 Å². The van der Waals surface area contributed by atoms with Crippen LogP contribution < -0.4 is 16.0 Å². The van der Waals surface area contributed by atoms with E-state index >= 15 is 0 Å². The number of ketones is 1. The number of nitrogens with one attached hydrogen (secondary N) is 4. The number of hydrogen-bond donors (Lipinski definition) is 4. The first kappa shape index (κ1) is 23.1. The number of rotatable bonds is 8. The van der Waals surface area contributed by atoms with Gasteiger partial charge in [-0.3, -0.25) is 9.59 Å². The predicted molar refractivity (Wildman–Crippen MR) is 127 cm³/mol. The van der Waals surface area contributed by atoms with Crippen LogP contribution >= 0.6 is 0 Å². The minimum absolute atomic E-state index is 0.0900. The zero-order chi connectivity index (χ0) is 23.5. The van der Waals surface area contributed by atoms with E-state index in [0.29, 0.717) is 23.5 Å². The summed E-state index contributed by atoms with van der Waals surface area (Å²) in [6.45, 7) is 12.5. The highest BCUT2D eigenvalue weighted by Gasteiger charge is 2.24. The summed E-state index contributed by atoms with van der Waals surface area (Å²) >= 11 is 0. The van der Waals surface area contributed by atoms with Gasteiger partial charge in [-0.25, -0.2) is 0 Å². The Balaban J connectivity index is 1.51. The van der Waals surface area contributed by atoms with Crippen LogP contribution in [0.1, 0.15) is 66.8 Å². The van der Waals surface area contributed by atoms with E-state index in [1.807, 2.05) is 31.2 Å². The fourth-order valence-corrected chi connectivity index (χ4v) is 3.32. The number of amides is 1. The lowest BCUT2D eigenvalue weighted by molar-refractivity contribution is 0.101. The Kier molecular flexibility index (Phi) is 6.72. The number of H-pyrrole nitrogens is 1. The van der Waals surface area contributed by atoms with Gasteiger partial charge in [-0.05, 0) is 51.1 Å². The van der Waals surface area contributed by atoms with Crippen molar-refractivity contribution in [3.63, 3.8) is 0 Å². The molecular formula is C24H31N5O3. The molecule has 1 atom stereocenters. The minimum atomic E-state index is -0.298. The van der Waals surface area contributed by atoms with Gasteiger partial charge in [0.05, 0.1) is 0 Å². The van der Waals surface area contributed by atoms with Crippen molar-refractivity contribution in [1.29, 1.82) is 0 Å². The maximum atomic E-state index is 12.3. The normalized spacial score (nSPS) is 12.3. The van der Waals surface area contributed by atoms with E-state index in [0.717, 1.165) is 22.8 Å². The number of aromatic nitrogens is 2. The summed E-state index contributed by atoms with van der Waals surface area (Å²) in [7, 11) is 0. The minimum Gasteiger partial charge on any atom is -0.383 e. The summed E-state index contributed by atoms with van der Waals surface area (Å²) in [5.41, 5.74) is 3.36. The standard InChI is InChI=1S/C24H31N5O3/c1-14(27-22-15(2)21(32-29-22)24(4,5)6)12-25-18-7-9-19(10-8-18)28-23(31)20-11-17(13-26-20)16(3)30/h7-11,13-14,25-26H,12H2,1-6H3,(H,27,29)(H,28,31). The molecule has 1 aromatic carbocycles. The third-order valence-electron chi connectivity index (χ3n) is 5.08. The molecule has 4 N–H and O–H groups in total. The number of carbonyl (C=O) groups excluding carboxylic acids is 2. The molecule has 0 aliphatic carbocycles. The van der Waals surface area contributed by atoms with Gasteiger partial charge >= 0.3 is 0 Å². The second kappa shape index (κ2) is 9.30. The molecule has 3 aromatic rings. The number of nitrogens with zero attached hydrogens (tertiary/aromatic N) is 1. The highest BCUT2D eigenvalue weighted by atomic mass is 16.5. The van der Waals surface area contributed by atoms with E-state index in [4.69, 9.17) is 4.52 Å². The molecular weight excluding hydrogens is 406 g/mol. The van der Waals surface area contributed by atoms with Crippen molar-refractivity contribution in [2.45, 2.75) is 53.0 Å². The quantitative estimate of drug-likeness (QED) is 0.370. The Bertz CT molecular complexity index is 1090. The van der Waals surface area contributed by atoms with Crippen molar-refractivity contribution in [1.82, 2.24) is 10.1 Å². The maximum Gasteiger partial charge on any atom is 0.272 e. The molecule has 170 valence electrons. The number of benzene rings is 1. The molecule has 0 saturated heterocycles. The Morgan fingerprint density at radius 3 is 2.38 bits per heavy atom. The number of carbonyl (C=O) groups is 2. The van der Waals surface area contributed by atoms with Crippen LogP contribution in [-0.2, 0) is 5.41 Å². The molecule has 3 rings (SSSR count). The molecule has 8 nitrogen and oxygen atoms in total. The van der Waals surface area contributed by atoms with E-state index in [2.05, 4.69) is 53.8 Å². The zero-order valence-corrected chi connectivity index (χ0v) is 19.4. The number of Topliss-reactive ketones (excluding diaryl/α,β-unsaturated/α-hetero) is 1. The SMILES string of the molecule is CC(=O)c1c[nH]c(C(=O)Nc2ccc(NCC(C)Nc3noc(C(C)(C)C)c3C)cc2)c1. The molecule has 0 saturated carbocycles. The lowest BCUT2D eigenvalue weighted by Gasteiger charge is -2.17. The molecule has 32 heavy (non-hydrogen) atoms. The van der Waals surface area contributed by atoms with Gasteiger partial charge in [0, 0.05) is 46.7 Å². The first-order chi connectivity index (χ1) is 15.0. The van der Waals surface area contributed by atoms with Crippen LogP contribution in [-0.4, -0.2) is 34.4 Å². The highest BCUT2D eigenvalue weighted by Crippen LogP contribution is 2.29. The average Bonchev–Trinajstić information content (AvgIpc) is 3.35. The van der Waals surface area contributed by atoms with Crippen LogP contribution in [0.5, 0.6) is 0 Å². The Labute approximate surface area is 188 Å². The maximum absolute atomic E-state index is 12.3. The smallest absolute Gasteiger partial charge is 0.272 e. The van der Waals surface area contributed by atoms with Gasteiger partial charge in [-0.1, -0.05) is 25.9 Å². The Morgan fingerprint density at radius 2 is 1.81 bits per heavy atom. The molecule has 0 aliphatic heterocycles. The van der Waals surface area contributed by atoms with Crippen molar-refractivity contribution in [3.05, 3.63) is 59.1 Å². The first-order valence-electron chi connectivity index (χ1n) is 10.6. The van der Waals surface area contributed by atoms with E-state index in [-0.39, 0.29) is 23.1 Å². The predicted octanol–water partition coefficient (Wildman–Crippen LogP) is 4.98. The molecule has 1 amide bonds. The molecule has 0 radical (unpaired) electrons. The van der Waals surface area contributed by atoms with Crippen LogP contribution in [0.4, 0.5) is 17.2 Å². The van der Waals surface area contributed by atoms with Crippen LogP contribution in [0.2, 0.25) is 0 Å². The molecule has 1 unspecified atom stereocenters. The summed E-state index contributed by atoms with van der Waals surface area (Å²) < 4.78 is 5.53. The fourth-order valence-electron chi connectivity index (χ4n) is 3.32. The average molecular weight is 438 g/mol. The van der Waals surface area contributed by atoms with E-state index in [1.54, 1.807) is 6.07 Å². The number of hydrogen-bond acceptors (Lipinski definition) is 6. The molecule has 2 aromatic heterocycles. The third kappa shape index (κ3) is 5.57. The van der Waals surface area contributed by atoms with Crippen LogP contribution in [0, 0.1) is 6.92 Å². The summed E-state index contributed by atoms with van der Waals surface area (Å²) in [6, 6.07) is 9.11. The molecule has 0 fully saturated rings. The van der Waals surface area contributed by atoms with Gasteiger partial charge in [0.1, 0.15) is 11.5 Å². The third-order valence-corrected chi connectivity index (χ3v) is 5.08. The molecule has 0 aliphatic rings. The summed E-state index contributed by atoms with van der Waals surface area (Å²) in [4.78, 5) is 26.5. The van der Waals surface area contributed by atoms with Crippen molar-refractivity contribution >= 4 is 28.9 Å². The van der Waals surface area contributed by atoms with Gasteiger partial charge in [0.25, 0.3) is 5.91 Å². The largest absolute Gasteiger partial charge is 0.383 e. The lowest BCUT2D eigenvalue weighted by Crippen LogP contribution is -2.25. The fraction of sp³-hybridized carbons (Fsp3) is 0.375. The lowest BCUT2D eigenvalue weighted by atomic mass is 9.91. The van der Waals surface area contributed by atoms with Crippen molar-refractivity contribution < 1.29 is 14.1 Å². The molecule has 2 heterocycles. The summed E-state index contributed by atoms with van der Waals surface area (Å²) in [6.07, 6.45) is 1.53. The molecule has 0 spiro atoms. The first-order valence-corrected chi connectivity index (χ1v) is 10.6. The van der Waals surface area contributed by atoms with Gasteiger partial charge in [0.15, 0.2) is 11.6 Å². The summed E-state index contributed by atoms with van der Waals surface area (Å²) in [5, 5.41) is 13.8. The summed E-state index contributed by atoms with van der Waals surface area (Å²) in [5.74, 6) is 1.26. The molecule has 8 heteroatoms. The van der Waals surface area contributed by atoms with E-state index in [9.17, 15) is 9.59 Å². The zero-order valence-electron chi connectivity index (χ0n) is 19.4. The van der Waals surface area contributed by atoms with Crippen LogP contribution in [0.3, 0.4) is 0 Å². The topological polar surface area (TPSA) is 112 Å². The van der Waals surface area contributed by atoms with Gasteiger partial charge in [-0.2, -0.15) is 0 Å². The Hall–Kier alpha value is -3.55. The van der Waals surface area contributed by atoms with Gasteiger partial charge in [-0.15, -0.1) is 0 Å². The second-order valence-corrected chi connectivity index (χ2v) is 9.05. The Morgan fingerprint density at radius 1 is 1.16 bits per heavy atom. The van der Waals surface area contributed by atoms with Gasteiger partial charge in [0.2, 0.25) is 0 Å². The number of aromatic amines is 1. The number of anilines is 3. The van der Waals surface area contributed by atoms with E-state index in [1.165, 1.54) is 13.1 Å². The second-order valence-electron chi connectivity index (χ2n) is 9.05. The van der Waals surface area contributed by atoms with Crippen molar-refractivity contribution in [2.24, 2.45) is 0 Å². The van der Waals surface area contributed by atoms with Crippen LogP contribution in [0.25, 0.3) is 0 Å².